The second-order valence-electron chi connectivity index (χ2n) is 10.6. The van der Waals surface area contributed by atoms with Crippen molar-refractivity contribution in [3.05, 3.63) is 106 Å². The van der Waals surface area contributed by atoms with Crippen LogP contribution in [0.25, 0.3) is 21.9 Å². The van der Waals surface area contributed by atoms with Gasteiger partial charge in [-0.1, -0.05) is 78.0 Å². The zero-order valence-electron chi connectivity index (χ0n) is 22.2. The Kier molecular flexibility index (Phi) is 7.67. The van der Waals surface area contributed by atoms with Crippen LogP contribution in [-0.4, -0.2) is 21.8 Å². The summed E-state index contributed by atoms with van der Waals surface area (Å²) < 4.78 is 6.09. The largest absolute Gasteiger partial charge is 0.479 e. The van der Waals surface area contributed by atoms with Gasteiger partial charge in [-0.3, -0.25) is 0 Å². The first-order valence-electron chi connectivity index (χ1n) is 12.4. The molecule has 4 nitrogen and oxygen atoms in total. The van der Waals surface area contributed by atoms with Crippen LogP contribution in [0.5, 0.6) is 0 Å². The van der Waals surface area contributed by atoms with E-state index in [1.165, 1.54) is 0 Å². The molecular weight excluding hydrogens is 496 g/mol. The molecule has 0 bridgehead atoms. The molecular formula is C33H31ClO4. The van der Waals surface area contributed by atoms with Crippen molar-refractivity contribution in [3.63, 3.8) is 0 Å². The first-order valence-corrected chi connectivity index (χ1v) is 12.8. The highest BCUT2D eigenvalue weighted by atomic mass is 35.5. The predicted octanol–water partition coefficient (Wildman–Crippen LogP) is 7.67. The maximum Gasteiger partial charge on any atom is 0.337 e. The minimum Gasteiger partial charge on any atom is -0.479 e. The summed E-state index contributed by atoms with van der Waals surface area (Å²) in [7, 11) is 0. The fourth-order valence-corrected chi connectivity index (χ4v) is 4.64. The van der Waals surface area contributed by atoms with E-state index < -0.39 is 23.3 Å². The zero-order valence-corrected chi connectivity index (χ0v) is 22.9. The molecule has 0 aliphatic carbocycles. The van der Waals surface area contributed by atoms with E-state index in [0.29, 0.717) is 21.7 Å². The lowest BCUT2D eigenvalue weighted by molar-refractivity contribution is -0.160. The summed E-state index contributed by atoms with van der Waals surface area (Å²) >= 11 is 6.19. The molecule has 5 heteroatoms. The fraction of sp³-hybridized carbons (Fsp3) is 0.242. The van der Waals surface area contributed by atoms with E-state index >= 15 is 0 Å². The number of benzene rings is 4. The van der Waals surface area contributed by atoms with E-state index in [2.05, 4.69) is 11.8 Å². The summed E-state index contributed by atoms with van der Waals surface area (Å²) in [5, 5.41) is 23.6. The number of aryl methyl sites for hydroxylation is 1. The molecule has 0 aliphatic rings. The maximum atomic E-state index is 12.5. The number of fused-ring (bicyclic) bond motifs is 1. The highest BCUT2D eigenvalue weighted by molar-refractivity contribution is 6.30. The highest BCUT2D eigenvalue weighted by Crippen LogP contribution is 2.41. The molecule has 0 saturated carbocycles. The van der Waals surface area contributed by atoms with E-state index in [1.54, 1.807) is 19.1 Å². The molecule has 2 atom stereocenters. The maximum absolute atomic E-state index is 12.5. The minimum atomic E-state index is -1.33. The molecule has 0 aliphatic heterocycles. The Morgan fingerprint density at radius 2 is 1.61 bits per heavy atom. The van der Waals surface area contributed by atoms with Crippen LogP contribution in [0.2, 0.25) is 5.02 Å². The quantitative estimate of drug-likeness (QED) is 0.262. The number of carboxylic acid groups (broad SMARTS) is 1. The minimum absolute atomic E-state index is 0.586. The number of carboxylic acids is 1. The van der Waals surface area contributed by atoms with E-state index in [0.717, 1.165) is 27.5 Å². The number of ether oxygens (including phenoxy) is 1. The van der Waals surface area contributed by atoms with Crippen molar-refractivity contribution in [1.82, 2.24) is 0 Å². The molecule has 2 unspecified atom stereocenters. The summed E-state index contributed by atoms with van der Waals surface area (Å²) in [6.07, 6.45) is -1.18. The van der Waals surface area contributed by atoms with Crippen molar-refractivity contribution in [2.75, 3.05) is 0 Å². The number of rotatable bonds is 5. The van der Waals surface area contributed by atoms with Crippen molar-refractivity contribution in [2.45, 2.75) is 51.9 Å². The molecule has 38 heavy (non-hydrogen) atoms. The normalized spacial score (nSPS) is 13.9. The first kappa shape index (κ1) is 27.4. The van der Waals surface area contributed by atoms with Gasteiger partial charge < -0.3 is 14.9 Å². The van der Waals surface area contributed by atoms with Crippen LogP contribution in [-0.2, 0) is 15.1 Å². The van der Waals surface area contributed by atoms with Gasteiger partial charge in [0.2, 0.25) is 0 Å². The van der Waals surface area contributed by atoms with Gasteiger partial charge in [0.05, 0.1) is 5.60 Å². The Morgan fingerprint density at radius 3 is 2.21 bits per heavy atom. The van der Waals surface area contributed by atoms with Crippen LogP contribution in [0.1, 0.15) is 56.1 Å². The molecule has 4 aromatic rings. The van der Waals surface area contributed by atoms with Crippen LogP contribution in [0.15, 0.2) is 78.9 Å². The van der Waals surface area contributed by atoms with Crippen molar-refractivity contribution < 1.29 is 19.7 Å². The van der Waals surface area contributed by atoms with Gasteiger partial charge in [0.15, 0.2) is 6.10 Å². The van der Waals surface area contributed by atoms with Gasteiger partial charge in [-0.2, -0.15) is 0 Å². The average Bonchev–Trinajstić information content (AvgIpc) is 2.86. The smallest absolute Gasteiger partial charge is 0.337 e. The standard InChI is InChI=1S/C33H31ClO4/c1-21-19-24-12-11-22(17-18-33(5,37)25-9-7-6-8-10-25)20-27(24)29(23-13-15-26(34)16-14-23)28(21)30(31(35)36)38-32(2,3)4/h6-16,19-20,30,37H,1-5H3,(H,35,36). The summed E-state index contributed by atoms with van der Waals surface area (Å²) in [6.45, 7) is 9.09. The van der Waals surface area contributed by atoms with Gasteiger partial charge in [-0.05, 0) is 91.9 Å². The lowest BCUT2D eigenvalue weighted by Gasteiger charge is -2.28. The molecule has 0 heterocycles. The Hall–Kier alpha value is -3.62. The summed E-state index contributed by atoms with van der Waals surface area (Å²) in [4.78, 5) is 12.5. The SMILES string of the molecule is Cc1cc2ccc(C#CC(C)(O)c3ccccc3)cc2c(-c2ccc(Cl)cc2)c1C(OC(C)(C)C)C(=O)O. The first-order chi connectivity index (χ1) is 17.9. The van der Waals surface area contributed by atoms with E-state index in [-0.39, 0.29) is 0 Å². The fourth-order valence-electron chi connectivity index (χ4n) is 4.51. The number of aliphatic hydroxyl groups is 1. The van der Waals surface area contributed by atoms with Crippen LogP contribution in [0.3, 0.4) is 0 Å². The van der Waals surface area contributed by atoms with Crippen LogP contribution in [0, 0.1) is 18.8 Å². The predicted molar refractivity (Wildman–Crippen MR) is 153 cm³/mol. The van der Waals surface area contributed by atoms with E-state index in [4.69, 9.17) is 16.3 Å². The highest BCUT2D eigenvalue weighted by Gasteiger charge is 2.31. The lowest BCUT2D eigenvalue weighted by Crippen LogP contribution is -2.28. The summed E-state index contributed by atoms with van der Waals surface area (Å²) in [6, 6.07) is 24.4. The van der Waals surface area contributed by atoms with E-state index in [1.807, 2.05) is 94.4 Å². The number of carbonyl (C=O) groups is 1. The Labute approximate surface area is 228 Å². The van der Waals surface area contributed by atoms with Crippen molar-refractivity contribution in [1.29, 1.82) is 0 Å². The van der Waals surface area contributed by atoms with Gasteiger partial charge in [-0.15, -0.1) is 0 Å². The van der Waals surface area contributed by atoms with Crippen LogP contribution < -0.4 is 0 Å². The molecule has 0 saturated heterocycles. The Balaban J connectivity index is 1.96. The zero-order chi connectivity index (χ0) is 27.7. The van der Waals surface area contributed by atoms with E-state index in [9.17, 15) is 15.0 Å². The van der Waals surface area contributed by atoms with Crippen LogP contribution >= 0.6 is 11.6 Å². The summed E-state index contributed by atoms with van der Waals surface area (Å²) in [5.41, 5.74) is 2.36. The molecule has 0 radical (unpaired) electrons. The molecule has 4 rings (SSSR count). The second-order valence-corrected chi connectivity index (χ2v) is 11.0. The third-order valence-corrected chi connectivity index (χ3v) is 6.52. The average molecular weight is 527 g/mol. The van der Waals surface area contributed by atoms with Gasteiger partial charge in [-0.25, -0.2) is 4.79 Å². The Bertz CT molecular complexity index is 1540. The number of hydrogen-bond donors (Lipinski definition) is 2. The van der Waals surface area contributed by atoms with Crippen molar-refractivity contribution >= 4 is 28.3 Å². The van der Waals surface area contributed by atoms with Gasteiger partial charge >= 0.3 is 5.97 Å². The number of hydrogen-bond acceptors (Lipinski definition) is 3. The third-order valence-electron chi connectivity index (χ3n) is 6.27. The van der Waals surface area contributed by atoms with Crippen LogP contribution in [0.4, 0.5) is 0 Å². The molecule has 0 amide bonds. The monoisotopic (exact) mass is 526 g/mol. The van der Waals surface area contributed by atoms with Gasteiger partial charge in [0, 0.05) is 16.1 Å². The van der Waals surface area contributed by atoms with Crippen molar-refractivity contribution in [2.24, 2.45) is 0 Å². The molecule has 0 fully saturated rings. The topological polar surface area (TPSA) is 66.8 Å². The lowest BCUT2D eigenvalue weighted by atomic mass is 9.86. The molecule has 0 spiro atoms. The number of aliphatic carboxylic acids is 1. The molecule has 2 N–H and O–H groups in total. The molecule has 4 aromatic carbocycles. The second kappa shape index (κ2) is 10.6. The summed E-state index contributed by atoms with van der Waals surface area (Å²) in [5.74, 6) is 5.05. The molecule has 194 valence electrons. The van der Waals surface area contributed by atoms with Crippen molar-refractivity contribution in [3.8, 4) is 23.0 Å². The van der Waals surface area contributed by atoms with Gasteiger partial charge in [0.1, 0.15) is 5.60 Å². The van der Waals surface area contributed by atoms with Gasteiger partial charge in [0.25, 0.3) is 0 Å². The Morgan fingerprint density at radius 1 is 0.947 bits per heavy atom. The molecule has 0 aromatic heterocycles. The third kappa shape index (κ3) is 6.09. The number of halogens is 1.